The van der Waals surface area contributed by atoms with Gasteiger partial charge in [-0.15, -0.1) is 10.2 Å². The van der Waals surface area contributed by atoms with Gasteiger partial charge >= 0.3 is 5.69 Å². The number of aryl methyl sites for hydroxylation is 2. The van der Waals surface area contributed by atoms with E-state index in [1.54, 1.807) is 23.1 Å². The van der Waals surface area contributed by atoms with Gasteiger partial charge in [0, 0.05) is 11.5 Å². The number of nitrogens with zero attached hydrogens (tertiary/aromatic N) is 5. The van der Waals surface area contributed by atoms with Gasteiger partial charge in [0.05, 0.1) is 19.2 Å². The normalized spacial score (nSPS) is 11.5. The fourth-order valence-corrected chi connectivity index (χ4v) is 4.38. The van der Waals surface area contributed by atoms with E-state index in [2.05, 4.69) is 31.1 Å². The molecular formula is C22H19BrN6O3. The number of hydrogen-bond acceptors (Lipinski definition) is 5. The smallest absolute Gasteiger partial charge is 0.329 e. The van der Waals surface area contributed by atoms with Crippen molar-refractivity contribution in [3.05, 3.63) is 78.9 Å². The number of methoxy groups -OCH3 is 1. The van der Waals surface area contributed by atoms with E-state index in [1.807, 2.05) is 49.4 Å². The summed E-state index contributed by atoms with van der Waals surface area (Å²) >= 11 is 3.49. The average molecular weight is 495 g/mol. The van der Waals surface area contributed by atoms with Gasteiger partial charge in [0.15, 0.2) is 17.0 Å². The van der Waals surface area contributed by atoms with Crippen LogP contribution in [-0.4, -0.2) is 35.8 Å². The summed E-state index contributed by atoms with van der Waals surface area (Å²) in [5.74, 6) is 1.51. The average Bonchev–Trinajstić information content (AvgIpc) is 3.31. The number of H-pyrrole nitrogens is 1. The first kappa shape index (κ1) is 20.3. The minimum absolute atomic E-state index is 0.341. The Morgan fingerprint density at radius 3 is 2.69 bits per heavy atom. The summed E-state index contributed by atoms with van der Waals surface area (Å²) in [5, 5.41) is 8.81. The molecule has 1 N–H and O–H groups in total. The maximum absolute atomic E-state index is 12.9. The molecule has 0 aliphatic rings. The molecule has 0 unspecified atom stereocenters. The predicted octanol–water partition coefficient (Wildman–Crippen LogP) is 2.87. The van der Waals surface area contributed by atoms with Crippen molar-refractivity contribution in [1.82, 2.24) is 28.7 Å². The zero-order valence-corrected chi connectivity index (χ0v) is 19.2. The van der Waals surface area contributed by atoms with E-state index in [4.69, 9.17) is 4.74 Å². The molecule has 0 spiro atoms. The maximum atomic E-state index is 12.9. The first-order valence-electron chi connectivity index (χ1n) is 9.85. The lowest BCUT2D eigenvalue weighted by Crippen LogP contribution is -2.29. The number of aromatic amines is 1. The van der Waals surface area contributed by atoms with E-state index < -0.39 is 11.2 Å². The third-order valence-corrected chi connectivity index (χ3v) is 5.96. The number of aromatic nitrogens is 6. The van der Waals surface area contributed by atoms with Gasteiger partial charge in [0.1, 0.15) is 5.75 Å². The predicted molar refractivity (Wildman–Crippen MR) is 124 cm³/mol. The van der Waals surface area contributed by atoms with Gasteiger partial charge in [-0.25, -0.2) is 9.20 Å². The number of nitrogens with one attached hydrogen (secondary N) is 1. The molecule has 5 aromatic rings. The van der Waals surface area contributed by atoms with Gasteiger partial charge in [0.25, 0.3) is 5.56 Å². The van der Waals surface area contributed by atoms with Crippen LogP contribution in [0, 0.1) is 6.92 Å². The second-order valence-electron chi connectivity index (χ2n) is 7.57. The third-order valence-electron chi connectivity index (χ3n) is 5.46. The van der Waals surface area contributed by atoms with Crippen molar-refractivity contribution >= 4 is 32.9 Å². The zero-order chi connectivity index (χ0) is 22.6. The van der Waals surface area contributed by atoms with E-state index >= 15 is 0 Å². The number of imidazole rings is 1. The Morgan fingerprint density at radius 1 is 1.12 bits per heavy atom. The van der Waals surface area contributed by atoms with Gasteiger partial charge in [-0.05, 0) is 30.7 Å². The highest BCUT2D eigenvalue weighted by molar-refractivity contribution is 9.10. The van der Waals surface area contributed by atoms with Crippen molar-refractivity contribution in [3.8, 4) is 17.1 Å². The summed E-state index contributed by atoms with van der Waals surface area (Å²) in [6, 6.07) is 13.6. The van der Waals surface area contributed by atoms with Gasteiger partial charge in [-0.3, -0.25) is 18.9 Å². The summed E-state index contributed by atoms with van der Waals surface area (Å²) in [5.41, 5.74) is 2.54. The van der Waals surface area contributed by atoms with Crippen molar-refractivity contribution in [2.24, 2.45) is 7.05 Å². The maximum Gasteiger partial charge on any atom is 0.329 e. The Bertz CT molecular complexity index is 1630. The van der Waals surface area contributed by atoms with Crippen LogP contribution in [0.4, 0.5) is 0 Å². The summed E-state index contributed by atoms with van der Waals surface area (Å²) in [4.78, 5) is 27.8. The SMILES string of the molecule is COc1ccc(Br)cc1-c1nnc2n(Cc3cccc(C)c3)c3c(=O)[nH]c(=O)n(C)c3n12. The number of ether oxygens (including phenoxy) is 1. The van der Waals surface area contributed by atoms with Gasteiger partial charge in [0.2, 0.25) is 5.78 Å². The molecule has 0 aliphatic carbocycles. The van der Waals surface area contributed by atoms with Crippen molar-refractivity contribution in [2.75, 3.05) is 7.11 Å². The molecule has 3 heterocycles. The lowest BCUT2D eigenvalue weighted by molar-refractivity contribution is 0.416. The minimum atomic E-state index is -0.516. The van der Waals surface area contributed by atoms with Crippen LogP contribution < -0.4 is 16.0 Å². The van der Waals surface area contributed by atoms with Crippen molar-refractivity contribution in [1.29, 1.82) is 0 Å². The fraction of sp³-hybridized carbons (Fsp3) is 0.182. The summed E-state index contributed by atoms with van der Waals surface area (Å²) < 4.78 is 11.3. The molecule has 9 nitrogen and oxygen atoms in total. The second-order valence-corrected chi connectivity index (χ2v) is 8.49. The molecule has 32 heavy (non-hydrogen) atoms. The Morgan fingerprint density at radius 2 is 1.94 bits per heavy atom. The molecule has 162 valence electrons. The molecule has 0 fully saturated rings. The molecule has 10 heteroatoms. The van der Waals surface area contributed by atoms with Crippen molar-refractivity contribution < 1.29 is 4.74 Å². The highest BCUT2D eigenvalue weighted by Gasteiger charge is 2.24. The molecule has 0 saturated carbocycles. The van der Waals surface area contributed by atoms with Crippen LogP contribution in [0.3, 0.4) is 0 Å². The fourth-order valence-electron chi connectivity index (χ4n) is 4.01. The number of halogens is 1. The van der Waals surface area contributed by atoms with E-state index in [1.165, 1.54) is 4.57 Å². The van der Waals surface area contributed by atoms with Crippen LogP contribution in [0.15, 0.2) is 56.5 Å². The van der Waals surface area contributed by atoms with Crippen molar-refractivity contribution in [3.63, 3.8) is 0 Å². The molecule has 0 aliphatic heterocycles. The van der Waals surface area contributed by atoms with Gasteiger partial charge < -0.3 is 4.74 Å². The van der Waals surface area contributed by atoms with Crippen LogP contribution in [0.2, 0.25) is 0 Å². The quantitative estimate of drug-likeness (QED) is 0.414. The van der Waals surface area contributed by atoms with E-state index in [0.717, 1.165) is 15.6 Å². The van der Waals surface area contributed by atoms with Crippen LogP contribution >= 0.6 is 15.9 Å². The van der Waals surface area contributed by atoms with E-state index in [9.17, 15) is 9.59 Å². The van der Waals surface area contributed by atoms with Crippen molar-refractivity contribution in [2.45, 2.75) is 13.5 Å². The molecule has 0 atom stereocenters. The molecule has 0 saturated heterocycles. The summed E-state index contributed by atoms with van der Waals surface area (Å²) in [6.45, 7) is 2.40. The number of fused-ring (bicyclic) bond motifs is 3. The third kappa shape index (κ3) is 3.06. The lowest BCUT2D eigenvalue weighted by atomic mass is 10.1. The molecule has 0 bridgehead atoms. The molecule has 3 aromatic heterocycles. The number of benzene rings is 2. The molecule has 0 amide bonds. The standard InChI is InChI=1S/C22H19BrN6O3/c1-12-5-4-6-13(9-12)11-28-17-19(30)24-22(31)27(2)20(17)29-18(25-26-21(28)29)15-10-14(23)7-8-16(15)32-3/h4-10H,11H2,1-3H3,(H,24,30,31). The van der Waals surface area contributed by atoms with Crippen LogP contribution in [-0.2, 0) is 13.6 Å². The van der Waals surface area contributed by atoms with Crippen LogP contribution in [0.5, 0.6) is 5.75 Å². The minimum Gasteiger partial charge on any atom is -0.496 e. The Balaban J connectivity index is 1.90. The largest absolute Gasteiger partial charge is 0.496 e. The molecule has 0 radical (unpaired) electrons. The zero-order valence-electron chi connectivity index (χ0n) is 17.6. The highest BCUT2D eigenvalue weighted by atomic mass is 79.9. The van der Waals surface area contributed by atoms with Crippen LogP contribution in [0.1, 0.15) is 11.1 Å². The Labute approximate surface area is 190 Å². The van der Waals surface area contributed by atoms with Gasteiger partial charge in [-0.2, -0.15) is 0 Å². The Kier molecular flexibility index (Phi) is 4.74. The monoisotopic (exact) mass is 494 g/mol. The Hall–Kier alpha value is -3.66. The molecule has 5 rings (SSSR count). The molecule has 2 aromatic carbocycles. The first-order valence-corrected chi connectivity index (χ1v) is 10.6. The van der Waals surface area contributed by atoms with E-state index in [-0.39, 0.29) is 0 Å². The van der Waals surface area contributed by atoms with Gasteiger partial charge in [-0.1, -0.05) is 45.8 Å². The van der Waals surface area contributed by atoms with Crippen LogP contribution in [0.25, 0.3) is 28.3 Å². The second kappa shape index (κ2) is 7.49. The molecular weight excluding hydrogens is 476 g/mol. The lowest BCUT2D eigenvalue weighted by Gasteiger charge is -2.08. The topological polar surface area (TPSA) is 99.2 Å². The summed E-state index contributed by atoms with van der Waals surface area (Å²) in [6.07, 6.45) is 0. The first-order chi connectivity index (χ1) is 15.4. The summed E-state index contributed by atoms with van der Waals surface area (Å²) in [7, 11) is 3.19. The number of rotatable bonds is 4. The van der Waals surface area contributed by atoms with E-state index in [0.29, 0.717) is 40.6 Å². The number of hydrogen-bond donors (Lipinski definition) is 1. The highest BCUT2D eigenvalue weighted by Crippen LogP contribution is 2.33.